The van der Waals surface area contributed by atoms with Crippen LogP contribution in [-0.2, 0) is 11.2 Å². The Bertz CT molecular complexity index is 398. The van der Waals surface area contributed by atoms with Gasteiger partial charge >= 0.3 is 5.82 Å². The summed E-state index contributed by atoms with van der Waals surface area (Å²) in [6.07, 6.45) is 3.75. The summed E-state index contributed by atoms with van der Waals surface area (Å²) in [7, 11) is 1.66. The van der Waals surface area contributed by atoms with Crippen LogP contribution in [-0.4, -0.2) is 40.9 Å². The fourth-order valence-corrected chi connectivity index (χ4v) is 2.27. The lowest BCUT2D eigenvalue weighted by Gasteiger charge is -2.36. The SMILES string of the molecule is COC1(Cc2cn[nH]c2[N+](=O)[O-])CCNCC1. The molecule has 0 radical (unpaired) electrons. The van der Waals surface area contributed by atoms with Crippen LogP contribution >= 0.6 is 0 Å². The summed E-state index contributed by atoms with van der Waals surface area (Å²) in [5, 5.41) is 20.2. The molecule has 0 atom stereocenters. The first-order chi connectivity index (χ1) is 8.17. The average Bonchev–Trinajstić information content (AvgIpc) is 2.78. The summed E-state index contributed by atoms with van der Waals surface area (Å²) >= 11 is 0. The van der Waals surface area contributed by atoms with Crippen LogP contribution in [0.4, 0.5) is 5.82 Å². The Kier molecular flexibility index (Phi) is 3.39. The minimum Gasteiger partial charge on any atom is -0.378 e. The van der Waals surface area contributed by atoms with E-state index in [4.69, 9.17) is 4.74 Å². The third-order valence-corrected chi connectivity index (χ3v) is 3.34. The highest BCUT2D eigenvalue weighted by Crippen LogP contribution is 2.29. The second-order valence-electron chi connectivity index (χ2n) is 4.31. The van der Waals surface area contributed by atoms with Crippen LogP contribution in [0.3, 0.4) is 0 Å². The van der Waals surface area contributed by atoms with Gasteiger partial charge in [-0.05, 0) is 30.9 Å². The maximum atomic E-state index is 10.8. The molecule has 0 aliphatic carbocycles. The quantitative estimate of drug-likeness (QED) is 0.594. The van der Waals surface area contributed by atoms with Crippen molar-refractivity contribution in [2.45, 2.75) is 24.9 Å². The lowest BCUT2D eigenvalue weighted by molar-refractivity contribution is -0.390. The molecule has 2 N–H and O–H groups in total. The number of methoxy groups -OCH3 is 1. The van der Waals surface area contributed by atoms with Crippen molar-refractivity contribution in [2.24, 2.45) is 0 Å². The van der Waals surface area contributed by atoms with Crippen LogP contribution in [0.5, 0.6) is 0 Å². The minimum absolute atomic E-state index is 0.0278. The molecule has 0 spiro atoms. The second-order valence-corrected chi connectivity index (χ2v) is 4.31. The van der Waals surface area contributed by atoms with Crippen LogP contribution in [0, 0.1) is 10.1 Å². The van der Waals surface area contributed by atoms with Gasteiger partial charge in [-0.2, -0.15) is 0 Å². The van der Waals surface area contributed by atoms with Crippen molar-refractivity contribution in [3.05, 3.63) is 21.9 Å². The van der Waals surface area contributed by atoms with Crippen molar-refractivity contribution in [3.8, 4) is 0 Å². The molecule has 0 aromatic carbocycles. The van der Waals surface area contributed by atoms with Crippen LogP contribution in [0.25, 0.3) is 0 Å². The lowest BCUT2D eigenvalue weighted by Crippen LogP contribution is -2.45. The van der Waals surface area contributed by atoms with Gasteiger partial charge in [-0.15, -0.1) is 5.10 Å². The molecular formula is C10H16N4O3. The Hall–Kier alpha value is -1.47. The molecule has 7 nitrogen and oxygen atoms in total. The highest BCUT2D eigenvalue weighted by atomic mass is 16.6. The molecule has 7 heteroatoms. The molecule has 94 valence electrons. The fourth-order valence-electron chi connectivity index (χ4n) is 2.27. The van der Waals surface area contributed by atoms with E-state index < -0.39 is 4.92 Å². The molecule has 0 amide bonds. The van der Waals surface area contributed by atoms with Gasteiger partial charge in [0.15, 0.2) is 0 Å². The van der Waals surface area contributed by atoms with Gasteiger partial charge in [0, 0.05) is 13.5 Å². The number of hydrogen-bond donors (Lipinski definition) is 2. The number of nitro groups is 1. The maximum Gasteiger partial charge on any atom is 0.345 e. The first kappa shape index (κ1) is 12.0. The van der Waals surface area contributed by atoms with E-state index in [0.717, 1.165) is 25.9 Å². The number of ether oxygens (including phenoxy) is 1. The molecule has 0 unspecified atom stereocenters. The van der Waals surface area contributed by atoms with Crippen molar-refractivity contribution in [1.29, 1.82) is 0 Å². The Morgan fingerprint density at radius 1 is 1.59 bits per heavy atom. The van der Waals surface area contributed by atoms with Crippen molar-refractivity contribution < 1.29 is 9.66 Å². The van der Waals surface area contributed by atoms with E-state index >= 15 is 0 Å². The molecule has 1 aliphatic heterocycles. The zero-order chi connectivity index (χ0) is 12.3. The molecule has 1 aromatic rings. The second kappa shape index (κ2) is 4.80. The Morgan fingerprint density at radius 3 is 2.88 bits per heavy atom. The van der Waals surface area contributed by atoms with Crippen LogP contribution in [0.15, 0.2) is 6.20 Å². The van der Waals surface area contributed by atoms with E-state index in [2.05, 4.69) is 15.5 Å². The van der Waals surface area contributed by atoms with Crippen LogP contribution in [0.2, 0.25) is 0 Å². The molecule has 2 heterocycles. The molecular weight excluding hydrogens is 224 g/mol. The Morgan fingerprint density at radius 2 is 2.29 bits per heavy atom. The lowest BCUT2D eigenvalue weighted by atomic mass is 9.86. The molecule has 1 saturated heterocycles. The van der Waals surface area contributed by atoms with Gasteiger partial charge < -0.3 is 20.2 Å². The highest BCUT2D eigenvalue weighted by molar-refractivity contribution is 5.31. The third kappa shape index (κ3) is 2.45. The summed E-state index contributed by atoms with van der Waals surface area (Å²) < 4.78 is 5.58. The van der Waals surface area contributed by atoms with Crippen LogP contribution < -0.4 is 5.32 Å². The number of piperidine rings is 1. The number of aromatic amines is 1. The maximum absolute atomic E-state index is 10.8. The number of nitrogens with zero attached hydrogens (tertiary/aromatic N) is 2. The number of rotatable bonds is 4. The molecule has 0 bridgehead atoms. The van der Waals surface area contributed by atoms with E-state index in [0.29, 0.717) is 12.0 Å². The predicted molar refractivity (Wildman–Crippen MR) is 60.8 cm³/mol. The first-order valence-electron chi connectivity index (χ1n) is 5.59. The van der Waals surface area contributed by atoms with E-state index in [1.54, 1.807) is 7.11 Å². The van der Waals surface area contributed by atoms with Gasteiger partial charge in [-0.25, -0.2) is 0 Å². The average molecular weight is 240 g/mol. The Labute approximate surface area is 98.7 Å². The molecule has 17 heavy (non-hydrogen) atoms. The van der Waals surface area contributed by atoms with Gasteiger partial charge in [-0.1, -0.05) is 5.10 Å². The largest absolute Gasteiger partial charge is 0.378 e. The summed E-state index contributed by atoms with van der Waals surface area (Å²) in [4.78, 5) is 10.4. The van der Waals surface area contributed by atoms with E-state index in [9.17, 15) is 10.1 Å². The molecule has 1 aromatic heterocycles. The smallest absolute Gasteiger partial charge is 0.345 e. The molecule has 1 aliphatic rings. The zero-order valence-electron chi connectivity index (χ0n) is 9.73. The van der Waals surface area contributed by atoms with Gasteiger partial charge in [0.1, 0.15) is 0 Å². The summed E-state index contributed by atoms with van der Waals surface area (Å²) in [6, 6.07) is 0. The number of H-pyrrole nitrogens is 1. The number of aromatic nitrogens is 2. The minimum atomic E-state index is -0.438. The van der Waals surface area contributed by atoms with Crippen molar-refractivity contribution in [3.63, 3.8) is 0 Å². The van der Waals surface area contributed by atoms with Crippen molar-refractivity contribution in [1.82, 2.24) is 15.5 Å². The monoisotopic (exact) mass is 240 g/mol. The Balaban J connectivity index is 2.17. The number of hydrogen-bond acceptors (Lipinski definition) is 5. The van der Waals surface area contributed by atoms with Gasteiger partial charge in [0.2, 0.25) is 0 Å². The molecule has 1 fully saturated rings. The summed E-state index contributed by atoms with van der Waals surface area (Å²) in [6.45, 7) is 1.75. The highest BCUT2D eigenvalue weighted by Gasteiger charge is 2.34. The fraction of sp³-hybridized carbons (Fsp3) is 0.700. The summed E-state index contributed by atoms with van der Waals surface area (Å²) in [5.74, 6) is -0.0278. The van der Waals surface area contributed by atoms with Crippen molar-refractivity contribution >= 4 is 5.82 Å². The van der Waals surface area contributed by atoms with E-state index in [1.807, 2.05) is 0 Å². The summed E-state index contributed by atoms with van der Waals surface area (Å²) in [5.41, 5.74) is 0.304. The van der Waals surface area contributed by atoms with E-state index in [1.165, 1.54) is 6.20 Å². The zero-order valence-corrected chi connectivity index (χ0v) is 9.73. The van der Waals surface area contributed by atoms with Crippen LogP contribution in [0.1, 0.15) is 18.4 Å². The first-order valence-corrected chi connectivity index (χ1v) is 5.59. The topological polar surface area (TPSA) is 93.1 Å². The molecule has 2 rings (SSSR count). The predicted octanol–water partition coefficient (Wildman–Crippen LogP) is 0.629. The molecule has 0 saturated carbocycles. The third-order valence-electron chi connectivity index (χ3n) is 3.34. The van der Waals surface area contributed by atoms with Gasteiger partial charge in [0.25, 0.3) is 0 Å². The number of nitrogens with one attached hydrogen (secondary N) is 2. The van der Waals surface area contributed by atoms with E-state index in [-0.39, 0.29) is 11.4 Å². The van der Waals surface area contributed by atoms with Crippen molar-refractivity contribution in [2.75, 3.05) is 20.2 Å². The van der Waals surface area contributed by atoms with Gasteiger partial charge in [-0.3, -0.25) is 0 Å². The normalized spacial score (nSPS) is 19.1. The van der Waals surface area contributed by atoms with Gasteiger partial charge in [0.05, 0.1) is 17.4 Å². The standard InChI is InChI=1S/C10H16N4O3/c1-17-10(2-4-11-5-3-10)6-8-7-12-13-9(8)14(15)16/h7,11H,2-6H2,1H3,(H,12,13).